The predicted molar refractivity (Wildman–Crippen MR) is 73.4 cm³/mol. The lowest BCUT2D eigenvalue weighted by molar-refractivity contribution is -0.737. The fourth-order valence-electron chi connectivity index (χ4n) is 2.22. The first-order valence-corrected chi connectivity index (χ1v) is 6.45. The van der Waals surface area contributed by atoms with Gasteiger partial charge in [-0.25, -0.2) is 0 Å². The molecule has 0 saturated heterocycles. The Morgan fingerprint density at radius 3 is 2.75 bits per heavy atom. The van der Waals surface area contributed by atoms with Gasteiger partial charge in [0.05, 0.1) is 5.69 Å². The van der Waals surface area contributed by atoms with Crippen molar-refractivity contribution in [3.63, 3.8) is 0 Å². The third-order valence-electron chi connectivity index (χ3n) is 3.13. The normalized spacial score (nSPS) is 10.9. The SMILES string of the molecule is Cc1cc(C)c2n[n+](CC(=O)c3ccccc3)cn2n1. The molecule has 3 aromatic rings. The summed E-state index contributed by atoms with van der Waals surface area (Å²) < 4.78 is 3.34. The van der Waals surface area contributed by atoms with Crippen molar-refractivity contribution in [2.75, 3.05) is 0 Å². The number of carbonyl (C=O) groups is 1. The smallest absolute Gasteiger partial charge is 0.290 e. The van der Waals surface area contributed by atoms with Crippen molar-refractivity contribution >= 4 is 11.4 Å². The summed E-state index contributed by atoms with van der Waals surface area (Å²) in [5, 5.41) is 8.77. The van der Waals surface area contributed by atoms with Gasteiger partial charge in [0.25, 0.3) is 12.0 Å². The molecule has 2 aromatic heterocycles. The average Bonchev–Trinajstić information content (AvgIpc) is 2.82. The minimum Gasteiger partial charge on any atom is -0.290 e. The molecule has 3 rings (SSSR count). The Bertz CT molecular complexity index is 777. The Labute approximate surface area is 116 Å². The molecular weight excluding hydrogens is 252 g/mol. The second kappa shape index (κ2) is 4.85. The number of aromatic nitrogens is 4. The molecule has 5 heteroatoms. The predicted octanol–water partition coefficient (Wildman–Crippen LogP) is 1.52. The van der Waals surface area contributed by atoms with E-state index in [-0.39, 0.29) is 12.3 Å². The van der Waals surface area contributed by atoms with Crippen LogP contribution < -0.4 is 4.68 Å². The topological polar surface area (TPSA) is 51.1 Å². The van der Waals surface area contributed by atoms with Crippen molar-refractivity contribution in [1.29, 1.82) is 0 Å². The minimum atomic E-state index is 0.0355. The molecule has 0 aliphatic heterocycles. The van der Waals surface area contributed by atoms with Crippen molar-refractivity contribution in [2.45, 2.75) is 20.4 Å². The maximum Gasteiger partial charge on any atom is 0.292 e. The van der Waals surface area contributed by atoms with Gasteiger partial charge in [-0.15, -0.1) is 4.68 Å². The Morgan fingerprint density at radius 1 is 1.25 bits per heavy atom. The molecule has 0 radical (unpaired) electrons. The van der Waals surface area contributed by atoms with Crippen molar-refractivity contribution in [2.24, 2.45) is 0 Å². The van der Waals surface area contributed by atoms with Crippen LogP contribution in [0.2, 0.25) is 0 Å². The van der Waals surface area contributed by atoms with Crippen LogP contribution in [0.4, 0.5) is 0 Å². The molecule has 0 spiro atoms. The zero-order valence-electron chi connectivity index (χ0n) is 11.4. The molecule has 5 nitrogen and oxygen atoms in total. The van der Waals surface area contributed by atoms with Gasteiger partial charge in [-0.2, -0.15) is 0 Å². The third kappa shape index (κ3) is 2.30. The van der Waals surface area contributed by atoms with E-state index in [0.717, 1.165) is 16.9 Å². The fourth-order valence-corrected chi connectivity index (χ4v) is 2.22. The Kier molecular flexibility index (Phi) is 3.02. The van der Waals surface area contributed by atoms with Crippen LogP contribution >= 0.6 is 0 Å². The highest BCUT2D eigenvalue weighted by Gasteiger charge is 2.16. The van der Waals surface area contributed by atoms with E-state index in [1.54, 1.807) is 15.5 Å². The number of aryl methyl sites for hydroxylation is 2. The Morgan fingerprint density at radius 2 is 2.00 bits per heavy atom. The average molecular weight is 267 g/mol. The Balaban J connectivity index is 1.92. The molecular formula is C15H15N4O+. The van der Waals surface area contributed by atoms with Gasteiger partial charge in [0.2, 0.25) is 5.78 Å². The van der Waals surface area contributed by atoms with Gasteiger partial charge in [-0.05, 0) is 25.0 Å². The lowest BCUT2D eigenvalue weighted by atomic mass is 10.1. The van der Waals surface area contributed by atoms with E-state index in [1.807, 2.05) is 50.2 Å². The van der Waals surface area contributed by atoms with Crippen LogP contribution in [0.3, 0.4) is 0 Å². The highest BCUT2D eigenvalue weighted by molar-refractivity contribution is 5.94. The van der Waals surface area contributed by atoms with Crippen LogP contribution in [0, 0.1) is 13.8 Å². The number of benzene rings is 1. The number of Topliss-reactive ketones (excluding diaryl/α,β-unsaturated/α-hetero) is 1. The molecule has 0 N–H and O–H groups in total. The second-order valence-electron chi connectivity index (χ2n) is 4.84. The maximum absolute atomic E-state index is 12.2. The third-order valence-corrected chi connectivity index (χ3v) is 3.13. The van der Waals surface area contributed by atoms with Gasteiger partial charge in [0, 0.05) is 11.1 Å². The molecule has 0 aliphatic carbocycles. The zero-order valence-corrected chi connectivity index (χ0v) is 11.4. The van der Waals surface area contributed by atoms with E-state index in [0.29, 0.717) is 5.56 Å². The van der Waals surface area contributed by atoms with E-state index >= 15 is 0 Å². The van der Waals surface area contributed by atoms with Crippen molar-refractivity contribution in [1.82, 2.24) is 14.7 Å². The molecule has 2 heterocycles. The summed E-state index contributed by atoms with van der Waals surface area (Å²) in [4.78, 5) is 12.2. The largest absolute Gasteiger partial charge is 0.292 e. The van der Waals surface area contributed by atoms with Crippen molar-refractivity contribution in [3.05, 3.63) is 59.5 Å². The summed E-state index contributed by atoms with van der Waals surface area (Å²) in [7, 11) is 0. The zero-order chi connectivity index (χ0) is 14.1. The molecule has 0 fully saturated rings. The lowest BCUT2D eigenvalue weighted by Gasteiger charge is -1.95. The highest BCUT2D eigenvalue weighted by atomic mass is 16.1. The number of carbonyl (C=O) groups excluding carboxylic acids is 1. The molecule has 0 atom stereocenters. The van der Waals surface area contributed by atoms with E-state index < -0.39 is 0 Å². The molecule has 0 saturated carbocycles. The van der Waals surface area contributed by atoms with E-state index in [1.165, 1.54) is 0 Å². The second-order valence-corrected chi connectivity index (χ2v) is 4.84. The summed E-state index contributed by atoms with van der Waals surface area (Å²) in [5.74, 6) is 0.0355. The van der Waals surface area contributed by atoms with E-state index in [9.17, 15) is 4.79 Å². The van der Waals surface area contributed by atoms with Gasteiger partial charge in [0.15, 0.2) is 6.54 Å². The van der Waals surface area contributed by atoms with E-state index in [4.69, 9.17) is 0 Å². The van der Waals surface area contributed by atoms with Crippen LogP contribution in [0.5, 0.6) is 0 Å². The number of hydrogen-bond donors (Lipinski definition) is 0. The molecule has 100 valence electrons. The fraction of sp³-hybridized carbons (Fsp3) is 0.200. The molecule has 0 unspecified atom stereocenters. The summed E-state index contributed by atoms with van der Waals surface area (Å²) in [6, 6.07) is 11.2. The highest BCUT2D eigenvalue weighted by Crippen LogP contribution is 2.06. The summed E-state index contributed by atoms with van der Waals surface area (Å²) in [6.45, 7) is 4.14. The summed E-state index contributed by atoms with van der Waals surface area (Å²) >= 11 is 0. The first-order valence-electron chi connectivity index (χ1n) is 6.45. The Hall–Kier alpha value is -2.56. The number of nitrogens with zero attached hydrogens (tertiary/aromatic N) is 4. The first kappa shape index (κ1) is 12.5. The van der Waals surface area contributed by atoms with Crippen LogP contribution in [-0.4, -0.2) is 20.5 Å². The molecule has 0 bridgehead atoms. The molecule has 0 aliphatic rings. The summed E-state index contributed by atoms with van der Waals surface area (Å²) in [5.41, 5.74) is 3.44. The monoisotopic (exact) mass is 267 g/mol. The lowest BCUT2D eigenvalue weighted by Crippen LogP contribution is -2.39. The first-order chi connectivity index (χ1) is 9.63. The van der Waals surface area contributed by atoms with Crippen LogP contribution in [0.1, 0.15) is 21.6 Å². The molecule has 20 heavy (non-hydrogen) atoms. The minimum absolute atomic E-state index is 0.0355. The van der Waals surface area contributed by atoms with Gasteiger partial charge >= 0.3 is 0 Å². The number of hydrogen-bond acceptors (Lipinski definition) is 3. The van der Waals surface area contributed by atoms with Crippen molar-refractivity contribution in [3.8, 4) is 0 Å². The number of fused-ring (bicyclic) bond motifs is 1. The van der Waals surface area contributed by atoms with Crippen LogP contribution in [0.15, 0.2) is 42.7 Å². The number of rotatable bonds is 3. The van der Waals surface area contributed by atoms with Crippen molar-refractivity contribution < 1.29 is 9.48 Å². The van der Waals surface area contributed by atoms with Gasteiger partial charge in [-0.1, -0.05) is 39.9 Å². The number of ketones is 1. The van der Waals surface area contributed by atoms with Gasteiger partial charge in [0.1, 0.15) is 0 Å². The summed E-state index contributed by atoms with van der Waals surface area (Å²) in [6.07, 6.45) is 1.75. The quantitative estimate of drug-likeness (QED) is 0.534. The van der Waals surface area contributed by atoms with Gasteiger partial charge < -0.3 is 0 Å². The van der Waals surface area contributed by atoms with Crippen LogP contribution in [0.25, 0.3) is 5.65 Å². The van der Waals surface area contributed by atoms with Gasteiger partial charge in [-0.3, -0.25) is 4.79 Å². The van der Waals surface area contributed by atoms with Crippen LogP contribution in [-0.2, 0) is 6.54 Å². The standard InChI is InChI=1S/C15H15N4O/c1-11-8-12(2)16-19-10-18(17-15(11)19)9-14(20)13-6-4-3-5-7-13/h3-8,10H,9H2,1-2H3/q+1. The maximum atomic E-state index is 12.2. The molecule has 0 amide bonds. The molecule has 1 aromatic carbocycles. The van der Waals surface area contributed by atoms with E-state index in [2.05, 4.69) is 10.2 Å².